The maximum Gasteiger partial charge on any atom is 0.427 e. The van der Waals surface area contributed by atoms with Gasteiger partial charge in [0.1, 0.15) is 35.8 Å². The summed E-state index contributed by atoms with van der Waals surface area (Å²) in [5, 5.41) is 50.9. The largest absolute Gasteiger partial charge is 0.456 e. The van der Waals surface area contributed by atoms with Gasteiger partial charge in [0, 0.05) is 25.2 Å². The fraction of sp³-hybridized carbons (Fsp3) is 0.558. The first-order valence-corrected chi connectivity index (χ1v) is 19.8. The average molecular weight is 880 g/mol. The highest BCUT2D eigenvalue weighted by atomic mass is 19.4. The van der Waals surface area contributed by atoms with Crippen LogP contribution in [0.5, 0.6) is 0 Å². The van der Waals surface area contributed by atoms with E-state index >= 15 is 0 Å². The fourth-order valence-corrected chi connectivity index (χ4v) is 9.61. The van der Waals surface area contributed by atoms with E-state index in [0.717, 1.165) is 19.1 Å². The van der Waals surface area contributed by atoms with Crippen LogP contribution in [0.3, 0.4) is 0 Å². The van der Waals surface area contributed by atoms with Gasteiger partial charge in [-0.15, -0.1) is 0 Å². The van der Waals surface area contributed by atoms with Gasteiger partial charge in [-0.25, -0.2) is 18.8 Å². The lowest BCUT2D eigenvalue weighted by Crippen LogP contribution is -2.81. The fourth-order valence-electron chi connectivity index (χ4n) is 9.61. The van der Waals surface area contributed by atoms with Crippen molar-refractivity contribution in [2.45, 2.75) is 127 Å². The van der Waals surface area contributed by atoms with Gasteiger partial charge in [0.15, 0.2) is 17.5 Å². The van der Waals surface area contributed by atoms with Crippen LogP contribution in [0.25, 0.3) is 0 Å². The minimum atomic E-state index is -5.01. The number of rotatable bonds is 9. The smallest absolute Gasteiger partial charge is 0.427 e. The van der Waals surface area contributed by atoms with Gasteiger partial charge in [-0.05, 0) is 62.6 Å². The molecule has 0 aromatic heterocycles. The molecular weight excluding hydrogens is 830 g/mol. The average Bonchev–Trinajstić information content (AvgIpc) is 3.17. The van der Waals surface area contributed by atoms with Crippen LogP contribution < -0.4 is 5.32 Å². The van der Waals surface area contributed by atoms with E-state index in [4.69, 9.17) is 18.9 Å². The number of amides is 1. The third-order valence-corrected chi connectivity index (χ3v) is 13.2. The molecule has 338 valence electrons. The third-order valence-electron chi connectivity index (χ3n) is 13.2. The number of alkyl halides is 3. The van der Waals surface area contributed by atoms with Crippen molar-refractivity contribution in [3.63, 3.8) is 0 Å². The molecule has 2 bridgehead atoms. The maximum atomic E-state index is 14.9. The van der Waals surface area contributed by atoms with Gasteiger partial charge in [0.2, 0.25) is 5.60 Å². The monoisotopic (exact) mass is 879 g/mol. The van der Waals surface area contributed by atoms with Gasteiger partial charge in [-0.1, -0.05) is 50.2 Å². The van der Waals surface area contributed by atoms with Crippen LogP contribution in [-0.2, 0) is 38.1 Å². The van der Waals surface area contributed by atoms with Crippen LogP contribution in [0.2, 0.25) is 0 Å². The van der Waals surface area contributed by atoms with Gasteiger partial charge in [-0.3, -0.25) is 9.59 Å². The van der Waals surface area contributed by atoms with Gasteiger partial charge < -0.3 is 49.4 Å². The SMILES string of the molecule is CC(=O)O[C@@]12CO[C@@H]1C[C@H](O)[C@@]1(C)C(=O)[C@H](O)C3=C(C)[C@@H](OC(=O)[C@H](O)[C@@H](NC(=O)OC(C)(C)C(F)(F)F)c4ccccc4)C[C@@](O)([C@@H](OC(=O)c4cccc(F)c4)[C@H]21)C3(C)C. The Bertz CT molecular complexity index is 2160. The van der Waals surface area contributed by atoms with Crippen molar-refractivity contribution >= 4 is 29.8 Å². The summed E-state index contributed by atoms with van der Waals surface area (Å²) in [6.07, 6.45) is -18.7. The molecule has 0 spiro atoms. The normalized spacial score (nSPS) is 32.6. The zero-order chi connectivity index (χ0) is 46.1. The van der Waals surface area contributed by atoms with Crippen molar-refractivity contribution in [3.05, 3.63) is 82.7 Å². The Morgan fingerprint density at radius 2 is 1.63 bits per heavy atom. The number of hydrogen-bond donors (Lipinski definition) is 5. The Morgan fingerprint density at radius 1 is 0.984 bits per heavy atom. The van der Waals surface area contributed by atoms with E-state index in [0.29, 0.717) is 13.8 Å². The van der Waals surface area contributed by atoms with E-state index in [1.165, 1.54) is 64.1 Å². The molecule has 1 saturated heterocycles. The summed E-state index contributed by atoms with van der Waals surface area (Å²) < 4.78 is 83.5. The Kier molecular flexibility index (Phi) is 12.0. The van der Waals surface area contributed by atoms with Gasteiger partial charge in [0.25, 0.3) is 0 Å². The summed E-state index contributed by atoms with van der Waals surface area (Å²) in [5.41, 5.74) is -12.0. The highest BCUT2D eigenvalue weighted by Crippen LogP contribution is 2.64. The number of carbonyl (C=O) groups excluding carboxylic acids is 5. The molecule has 0 unspecified atom stereocenters. The number of esters is 3. The van der Waals surface area contributed by atoms with Crippen LogP contribution in [-0.4, -0.2) is 116 Å². The second kappa shape index (κ2) is 16.0. The van der Waals surface area contributed by atoms with Crippen molar-refractivity contribution in [2.75, 3.05) is 6.61 Å². The number of ketones is 1. The first-order chi connectivity index (χ1) is 28.6. The summed E-state index contributed by atoms with van der Waals surface area (Å²) in [6.45, 7) is 7.30. The third kappa shape index (κ3) is 7.54. The van der Waals surface area contributed by atoms with Crippen LogP contribution in [0.15, 0.2) is 65.7 Å². The second-order valence-corrected chi connectivity index (χ2v) is 17.6. The lowest BCUT2D eigenvalue weighted by atomic mass is 9.44. The Labute approximate surface area is 353 Å². The molecule has 19 heteroatoms. The molecule has 11 atom stereocenters. The van der Waals surface area contributed by atoms with Gasteiger partial charge in [0.05, 0.1) is 35.6 Å². The van der Waals surface area contributed by atoms with Crippen molar-refractivity contribution in [2.24, 2.45) is 16.7 Å². The van der Waals surface area contributed by atoms with Crippen molar-refractivity contribution in [1.82, 2.24) is 5.32 Å². The first kappa shape index (κ1) is 46.6. The summed E-state index contributed by atoms with van der Waals surface area (Å²) >= 11 is 0. The molecule has 62 heavy (non-hydrogen) atoms. The molecular formula is C43H49F4NO14. The molecule has 1 heterocycles. The van der Waals surface area contributed by atoms with Crippen molar-refractivity contribution in [1.29, 1.82) is 0 Å². The quantitative estimate of drug-likeness (QED) is 0.104. The molecule has 2 aromatic carbocycles. The van der Waals surface area contributed by atoms with Gasteiger partial charge >= 0.3 is 30.2 Å². The summed E-state index contributed by atoms with van der Waals surface area (Å²) in [4.78, 5) is 68.8. The zero-order valence-corrected chi connectivity index (χ0v) is 34.8. The lowest BCUT2D eigenvalue weighted by molar-refractivity contribution is -0.346. The first-order valence-electron chi connectivity index (χ1n) is 19.8. The number of aliphatic hydroxyl groups excluding tert-OH is 3. The number of benzene rings is 2. The molecule has 4 aliphatic rings. The number of halogens is 4. The Hall–Kier alpha value is -4.95. The predicted molar refractivity (Wildman–Crippen MR) is 204 cm³/mol. The highest BCUT2D eigenvalue weighted by molar-refractivity contribution is 5.94. The second-order valence-electron chi connectivity index (χ2n) is 17.6. The summed E-state index contributed by atoms with van der Waals surface area (Å²) in [6, 6.07) is 9.68. The number of Topliss-reactive ketones (excluding diaryl/α,β-unsaturated/α-hetero) is 1. The number of ether oxygens (including phenoxy) is 5. The van der Waals surface area contributed by atoms with E-state index < -0.39 is 131 Å². The molecule has 5 N–H and O–H groups in total. The van der Waals surface area contributed by atoms with Crippen LogP contribution in [0.1, 0.15) is 83.3 Å². The van der Waals surface area contributed by atoms with Crippen LogP contribution >= 0.6 is 0 Å². The molecule has 3 fully saturated rings. The Morgan fingerprint density at radius 3 is 2.19 bits per heavy atom. The van der Waals surface area contributed by atoms with E-state index in [9.17, 15) is 62.0 Å². The minimum Gasteiger partial charge on any atom is -0.456 e. The highest BCUT2D eigenvalue weighted by Gasteiger charge is 2.78. The topological polar surface area (TPSA) is 224 Å². The number of carbonyl (C=O) groups is 5. The summed E-state index contributed by atoms with van der Waals surface area (Å²) in [5.74, 6) is -7.19. The number of nitrogens with one attached hydrogen (secondary N) is 1. The van der Waals surface area contributed by atoms with E-state index in [2.05, 4.69) is 10.1 Å². The standard InChI is InChI=1S/C43H49F4NO14/c1-20-25(59-36(55)31(52)29(22-12-9-8-10-13-22)48-37(56)62-39(5,6)43(45,46)47)18-42(57)34(60-35(54)23-14-11-15-24(44)16-23)32-40(7,33(53)30(51)28(20)38(42,3)4)26(50)17-27-41(32,19-58-27)61-21(2)49/h8-16,25-27,29-32,34,50-52,57H,17-19H2,1-7H3,(H,48,56)/t25-,26-,27+,29-,30+,31+,32-,34-,40+,41-,42+/m0/s1. The van der Waals surface area contributed by atoms with Gasteiger partial charge in [-0.2, -0.15) is 13.2 Å². The molecule has 3 aliphatic carbocycles. The maximum absolute atomic E-state index is 14.9. The Balaban J connectivity index is 1.47. The molecule has 1 amide bonds. The number of fused-ring (bicyclic) bond motifs is 5. The molecule has 0 radical (unpaired) electrons. The zero-order valence-electron chi connectivity index (χ0n) is 34.8. The molecule has 15 nitrogen and oxygen atoms in total. The van der Waals surface area contributed by atoms with E-state index in [1.807, 2.05) is 0 Å². The number of aliphatic hydroxyl groups is 4. The molecule has 2 aromatic rings. The lowest BCUT2D eigenvalue weighted by Gasteiger charge is -2.67. The van der Waals surface area contributed by atoms with Crippen molar-refractivity contribution < 1.29 is 85.6 Å². The van der Waals surface area contributed by atoms with Crippen LogP contribution in [0, 0.1) is 22.6 Å². The summed E-state index contributed by atoms with van der Waals surface area (Å²) in [7, 11) is 0. The predicted octanol–water partition coefficient (Wildman–Crippen LogP) is 3.94. The molecule has 6 rings (SSSR count). The minimum absolute atomic E-state index is 0.0151. The molecule has 1 aliphatic heterocycles. The number of alkyl carbamates (subject to hydrolysis) is 1. The molecule has 2 saturated carbocycles. The van der Waals surface area contributed by atoms with E-state index in [-0.39, 0.29) is 28.7 Å². The van der Waals surface area contributed by atoms with Crippen molar-refractivity contribution in [3.8, 4) is 0 Å². The van der Waals surface area contributed by atoms with Crippen LogP contribution in [0.4, 0.5) is 22.4 Å². The van der Waals surface area contributed by atoms with E-state index in [1.54, 1.807) is 6.07 Å². The number of hydrogen-bond acceptors (Lipinski definition) is 14.